The topological polar surface area (TPSA) is 24.9 Å². The highest BCUT2D eigenvalue weighted by molar-refractivity contribution is 7.12. The van der Waals surface area contributed by atoms with Crippen LogP contribution in [0.1, 0.15) is 35.3 Å². The second-order valence-corrected chi connectivity index (χ2v) is 5.49. The molecule has 2 aromatic rings. The van der Waals surface area contributed by atoms with Crippen LogP contribution in [0, 0.1) is 0 Å². The molecule has 1 N–H and O–H groups in total. The molecule has 18 heavy (non-hydrogen) atoms. The Hall–Kier alpha value is -1.19. The van der Waals surface area contributed by atoms with Gasteiger partial charge in [0, 0.05) is 34.1 Å². The second kappa shape index (κ2) is 6.66. The maximum absolute atomic E-state index is 4.42. The third-order valence-electron chi connectivity index (χ3n) is 2.96. The first-order chi connectivity index (χ1) is 8.83. The summed E-state index contributed by atoms with van der Waals surface area (Å²) in [7, 11) is 0. The molecule has 0 aliphatic heterocycles. The third-order valence-corrected chi connectivity index (χ3v) is 4.31. The van der Waals surface area contributed by atoms with Crippen LogP contribution in [0.25, 0.3) is 0 Å². The van der Waals surface area contributed by atoms with Gasteiger partial charge in [0.1, 0.15) is 0 Å². The van der Waals surface area contributed by atoms with Crippen molar-refractivity contribution in [2.24, 2.45) is 0 Å². The summed E-state index contributed by atoms with van der Waals surface area (Å²) in [6, 6.07) is 11.0. The molecule has 0 aliphatic carbocycles. The number of aromatic nitrogens is 1. The van der Waals surface area contributed by atoms with Crippen molar-refractivity contribution < 1.29 is 0 Å². The van der Waals surface area contributed by atoms with E-state index in [4.69, 9.17) is 0 Å². The van der Waals surface area contributed by atoms with E-state index in [1.165, 1.54) is 9.75 Å². The van der Waals surface area contributed by atoms with Gasteiger partial charge in [-0.1, -0.05) is 19.9 Å². The lowest BCUT2D eigenvalue weighted by Crippen LogP contribution is -2.22. The van der Waals surface area contributed by atoms with Crippen LogP contribution in [0.3, 0.4) is 0 Å². The number of rotatable bonds is 6. The third kappa shape index (κ3) is 3.40. The summed E-state index contributed by atoms with van der Waals surface area (Å²) in [6.45, 7) is 5.34. The van der Waals surface area contributed by atoms with E-state index in [1.54, 1.807) is 0 Å². The standard InChI is InChI=1S/C15H20N2S/c1-3-13-8-9-15(18-13)14(16-4-2)11-12-7-5-6-10-17-12/h5-10,14,16H,3-4,11H2,1-2H3. The summed E-state index contributed by atoms with van der Waals surface area (Å²) in [5.74, 6) is 0. The minimum atomic E-state index is 0.384. The second-order valence-electron chi connectivity index (χ2n) is 4.29. The van der Waals surface area contributed by atoms with E-state index in [2.05, 4.69) is 48.4 Å². The Morgan fingerprint density at radius 2 is 2.11 bits per heavy atom. The van der Waals surface area contributed by atoms with Crippen LogP contribution >= 0.6 is 11.3 Å². The van der Waals surface area contributed by atoms with Crippen LogP contribution in [0.4, 0.5) is 0 Å². The van der Waals surface area contributed by atoms with E-state index < -0.39 is 0 Å². The highest BCUT2D eigenvalue weighted by Gasteiger charge is 2.13. The fraction of sp³-hybridized carbons (Fsp3) is 0.400. The molecule has 0 radical (unpaired) electrons. The molecule has 2 rings (SSSR count). The van der Waals surface area contributed by atoms with Crippen LogP contribution in [0.2, 0.25) is 0 Å². The monoisotopic (exact) mass is 260 g/mol. The lowest BCUT2D eigenvalue weighted by Gasteiger charge is -2.15. The Morgan fingerprint density at radius 1 is 1.22 bits per heavy atom. The number of pyridine rings is 1. The smallest absolute Gasteiger partial charge is 0.0470 e. The summed E-state index contributed by atoms with van der Waals surface area (Å²) in [5, 5.41) is 3.56. The number of aryl methyl sites for hydroxylation is 1. The Bertz CT molecular complexity index is 464. The molecular weight excluding hydrogens is 240 g/mol. The van der Waals surface area contributed by atoms with Gasteiger partial charge in [-0.15, -0.1) is 11.3 Å². The number of nitrogens with one attached hydrogen (secondary N) is 1. The zero-order valence-electron chi connectivity index (χ0n) is 11.0. The van der Waals surface area contributed by atoms with Crippen LogP contribution < -0.4 is 5.32 Å². The van der Waals surface area contributed by atoms with E-state index in [9.17, 15) is 0 Å². The largest absolute Gasteiger partial charge is 0.309 e. The first-order valence-electron chi connectivity index (χ1n) is 6.55. The van der Waals surface area contributed by atoms with Gasteiger partial charge < -0.3 is 5.32 Å². The number of thiophene rings is 1. The molecule has 1 atom stereocenters. The predicted octanol–water partition coefficient (Wildman–Crippen LogP) is 3.60. The molecule has 0 bridgehead atoms. The molecule has 0 saturated heterocycles. The molecule has 2 nitrogen and oxygen atoms in total. The van der Waals surface area contributed by atoms with Crippen molar-refractivity contribution in [2.75, 3.05) is 6.54 Å². The Labute approximate surface area is 113 Å². The number of likely N-dealkylation sites (N-methyl/N-ethyl adjacent to an activating group) is 1. The Kier molecular flexibility index (Phi) is 4.90. The molecule has 0 spiro atoms. The van der Waals surface area contributed by atoms with Gasteiger partial charge in [0.2, 0.25) is 0 Å². The summed E-state index contributed by atoms with van der Waals surface area (Å²) in [4.78, 5) is 7.29. The van der Waals surface area contributed by atoms with Crippen molar-refractivity contribution in [2.45, 2.75) is 32.7 Å². The van der Waals surface area contributed by atoms with E-state index in [0.717, 1.165) is 25.1 Å². The van der Waals surface area contributed by atoms with Crippen LogP contribution in [0.5, 0.6) is 0 Å². The van der Waals surface area contributed by atoms with Crippen LogP contribution in [0.15, 0.2) is 36.5 Å². The van der Waals surface area contributed by atoms with E-state index in [1.807, 2.05) is 23.6 Å². The minimum Gasteiger partial charge on any atom is -0.309 e. The molecular formula is C15H20N2S. The van der Waals surface area contributed by atoms with Gasteiger partial charge in [-0.05, 0) is 37.2 Å². The van der Waals surface area contributed by atoms with E-state index >= 15 is 0 Å². The van der Waals surface area contributed by atoms with Gasteiger partial charge in [0.15, 0.2) is 0 Å². The van der Waals surface area contributed by atoms with Gasteiger partial charge in [-0.3, -0.25) is 4.98 Å². The van der Waals surface area contributed by atoms with Crippen molar-refractivity contribution in [3.63, 3.8) is 0 Å². The lowest BCUT2D eigenvalue weighted by molar-refractivity contribution is 0.552. The number of nitrogens with zero attached hydrogens (tertiary/aromatic N) is 1. The Balaban J connectivity index is 2.12. The Morgan fingerprint density at radius 3 is 2.72 bits per heavy atom. The van der Waals surface area contributed by atoms with Crippen molar-refractivity contribution in [1.82, 2.24) is 10.3 Å². The first-order valence-corrected chi connectivity index (χ1v) is 7.37. The fourth-order valence-corrected chi connectivity index (χ4v) is 3.05. The zero-order valence-corrected chi connectivity index (χ0v) is 11.8. The minimum absolute atomic E-state index is 0.384. The van der Waals surface area contributed by atoms with E-state index in [-0.39, 0.29) is 0 Å². The highest BCUT2D eigenvalue weighted by atomic mass is 32.1. The fourth-order valence-electron chi connectivity index (χ4n) is 2.02. The molecule has 96 valence electrons. The SMILES string of the molecule is CCNC(Cc1ccccn1)c1ccc(CC)s1. The average molecular weight is 260 g/mol. The molecule has 0 aliphatic rings. The van der Waals surface area contributed by atoms with Crippen molar-refractivity contribution >= 4 is 11.3 Å². The first kappa shape index (κ1) is 13.2. The number of hydrogen-bond donors (Lipinski definition) is 1. The van der Waals surface area contributed by atoms with Crippen molar-refractivity contribution in [3.05, 3.63) is 52.0 Å². The zero-order chi connectivity index (χ0) is 12.8. The molecule has 1 unspecified atom stereocenters. The summed E-state index contributed by atoms with van der Waals surface area (Å²) >= 11 is 1.91. The molecule has 0 fully saturated rings. The number of hydrogen-bond acceptors (Lipinski definition) is 3. The molecule has 3 heteroatoms. The predicted molar refractivity (Wildman–Crippen MR) is 78.1 cm³/mol. The van der Waals surface area contributed by atoms with Crippen LogP contribution in [-0.2, 0) is 12.8 Å². The molecule has 0 aromatic carbocycles. The highest BCUT2D eigenvalue weighted by Crippen LogP contribution is 2.26. The summed E-state index contributed by atoms with van der Waals surface area (Å²) in [6.07, 6.45) is 3.94. The van der Waals surface area contributed by atoms with E-state index in [0.29, 0.717) is 6.04 Å². The van der Waals surface area contributed by atoms with Gasteiger partial charge >= 0.3 is 0 Å². The van der Waals surface area contributed by atoms with Crippen LogP contribution in [-0.4, -0.2) is 11.5 Å². The van der Waals surface area contributed by atoms with Crippen molar-refractivity contribution in [1.29, 1.82) is 0 Å². The maximum Gasteiger partial charge on any atom is 0.0470 e. The normalized spacial score (nSPS) is 12.6. The quantitative estimate of drug-likeness (QED) is 0.858. The molecule has 2 heterocycles. The maximum atomic E-state index is 4.42. The van der Waals surface area contributed by atoms with Gasteiger partial charge in [0.05, 0.1) is 0 Å². The summed E-state index contributed by atoms with van der Waals surface area (Å²) < 4.78 is 0. The molecule has 0 amide bonds. The van der Waals surface area contributed by atoms with Gasteiger partial charge in [0.25, 0.3) is 0 Å². The van der Waals surface area contributed by atoms with Gasteiger partial charge in [-0.2, -0.15) is 0 Å². The van der Waals surface area contributed by atoms with Gasteiger partial charge in [-0.25, -0.2) is 0 Å². The van der Waals surface area contributed by atoms with Crippen molar-refractivity contribution in [3.8, 4) is 0 Å². The molecule has 0 saturated carbocycles. The lowest BCUT2D eigenvalue weighted by atomic mass is 10.1. The summed E-state index contributed by atoms with van der Waals surface area (Å²) in [5.41, 5.74) is 1.15. The molecule has 2 aromatic heterocycles. The average Bonchev–Trinajstić information content (AvgIpc) is 2.88.